The van der Waals surface area contributed by atoms with Gasteiger partial charge in [0.25, 0.3) is 0 Å². The van der Waals surface area contributed by atoms with E-state index in [0.717, 1.165) is 28.1 Å². The first-order valence-corrected chi connectivity index (χ1v) is 5.04. The van der Waals surface area contributed by atoms with Gasteiger partial charge in [-0.3, -0.25) is 0 Å². The molecule has 0 heterocycles. The van der Waals surface area contributed by atoms with E-state index in [1.807, 2.05) is 32.0 Å². The molecule has 1 aromatic rings. The van der Waals surface area contributed by atoms with Crippen LogP contribution in [-0.2, 0) is 0 Å². The van der Waals surface area contributed by atoms with E-state index < -0.39 is 0 Å². The van der Waals surface area contributed by atoms with E-state index in [1.54, 1.807) is 0 Å². The standard InChI is InChI=1S/C12H16ClN/c1-8(2)6-12(14)11-5-4-10(13)7-9(11)3/h4-5,7,12H,1,6,14H2,2-3H3. The Morgan fingerprint density at radius 1 is 1.57 bits per heavy atom. The fourth-order valence-electron chi connectivity index (χ4n) is 1.54. The summed E-state index contributed by atoms with van der Waals surface area (Å²) in [4.78, 5) is 0. The molecule has 0 fully saturated rings. The molecular weight excluding hydrogens is 194 g/mol. The van der Waals surface area contributed by atoms with Gasteiger partial charge in [-0.15, -0.1) is 6.58 Å². The highest BCUT2D eigenvalue weighted by molar-refractivity contribution is 6.30. The highest BCUT2D eigenvalue weighted by Crippen LogP contribution is 2.23. The lowest BCUT2D eigenvalue weighted by atomic mass is 9.97. The van der Waals surface area contributed by atoms with Crippen LogP contribution in [0, 0.1) is 6.92 Å². The van der Waals surface area contributed by atoms with Gasteiger partial charge in [0.1, 0.15) is 0 Å². The van der Waals surface area contributed by atoms with Crippen LogP contribution < -0.4 is 5.73 Å². The van der Waals surface area contributed by atoms with Crippen LogP contribution in [0.25, 0.3) is 0 Å². The molecule has 0 radical (unpaired) electrons. The zero-order valence-electron chi connectivity index (χ0n) is 8.68. The minimum Gasteiger partial charge on any atom is -0.324 e. The predicted octanol–water partition coefficient (Wildman–Crippen LogP) is 3.61. The molecule has 14 heavy (non-hydrogen) atoms. The Morgan fingerprint density at radius 2 is 2.21 bits per heavy atom. The average Bonchev–Trinajstić information content (AvgIpc) is 2.01. The van der Waals surface area contributed by atoms with Gasteiger partial charge in [0, 0.05) is 11.1 Å². The molecule has 0 amide bonds. The van der Waals surface area contributed by atoms with Crippen molar-refractivity contribution in [1.29, 1.82) is 0 Å². The van der Waals surface area contributed by atoms with Gasteiger partial charge < -0.3 is 5.73 Å². The number of aryl methyl sites for hydroxylation is 1. The zero-order chi connectivity index (χ0) is 10.7. The van der Waals surface area contributed by atoms with E-state index in [1.165, 1.54) is 0 Å². The van der Waals surface area contributed by atoms with Crippen LogP contribution in [0.2, 0.25) is 5.02 Å². The third kappa shape index (κ3) is 2.86. The lowest BCUT2D eigenvalue weighted by Gasteiger charge is -2.14. The van der Waals surface area contributed by atoms with Gasteiger partial charge in [0.15, 0.2) is 0 Å². The lowest BCUT2D eigenvalue weighted by molar-refractivity contribution is 0.712. The zero-order valence-corrected chi connectivity index (χ0v) is 9.43. The summed E-state index contributed by atoms with van der Waals surface area (Å²) in [6.45, 7) is 7.88. The van der Waals surface area contributed by atoms with Crippen molar-refractivity contribution in [2.75, 3.05) is 0 Å². The molecule has 0 spiro atoms. The van der Waals surface area contributed by atoms with Gasteiger partial charge in [-0.05, 0) is 43.5 Å². The van der Waals surface area contributed by atoms with Crippen LogP contribution in [-0.4, -0.2) is 0 Å². The second-order valence-corrected chi connectivity index (χ2v) is 4.21. The minimum atomic E-state index is 0.0322. The van der Waals surface area contributed by atoms with E-state index in [0.29, 0.717) is 0 Å². The topological polar surface area (TPSA) is 26.0 Å². The first kappa shape index (κ1) is 11.3. The molecule has 0 bridgehead atoms. The average molecular weight is 210 g/mol. The maximum absolute atomic E-state index is 6.04. The molecular formula is C12H16ClN. The Labute approximate surface area is 90.6 Å². The summed E-state index contributed by atoms with van der Waals surface area (Å²) in [5.74, 6) is 0. The quantitative estimate of drug-likeness (QED) is 0.757. The van der Waals surface area contributed by atoms with Gasteiger partial charge in [0.05, 0.1) is 0 Å². The van der Waals surface area contributed by atoms with Crippen molar-refractivity contribution in [3.63, 3.8) is 0 Å². The second kappa shape index (κ2) is 4.63. The van der Waals surface area contributed by atoms with Crippen LogP contribution in [0.4, 0.5) is 0 Å². The van der Waals surface area contributed by atoms with Crippen LogP contribution in [0.5, 0.6) is 0 Å². The van der Waals surface area contributed by atoms with Crippen LogP contribution >= 0.6 is 11.6 Å². The maximum atomic E-state index is 6.04. The Balaban J connectivity index is 2.90. The number of hydrogen-bond donors (Lipinski definition) is 1. The highest BCUT2D eigenvalue weighted by atomic mass is 35.5. The summed E-state index contributed by atoms with van der Waals surface area (Å²) in [7, 11) is 0. The Morgan fingerprint density at radius 3 is 2.71 bits per heavy atom. The van der Waals surface area contributed by atoms with Crippen molar-refractivity contribution in [3.05, 3.63) is 46.5 Å². The number of benzene rings is 1. The van der Waals surface area contributed by atoms with Crippen molar-refractivity contribution < 1.29 is 0 Å². The van der Waals surface area contributed by atoms with E-state index >= 15 is 0 Å². The molecule has 0 saturated carbocycles. The van der Waals surface area contributed by atoms with Crippen LogP contribution in [0.15, 0.2) is 30.4 Å². The van der Waals surface area contributed by atoms with Crippen molar-refractivity contribution in [2.45, 2.75) is 26.3 Å². The molecule has 0 aromatic heterocycles. The minimum absolute atomic E-state index is 0.0322. The normalized spacial score (nSPS) is 12.6. The van der Waals surface area contributed by atoms with E-state index in [-0.39, 0.29) is 6.04 Å². The first-order chi connectivity index (χ1) is 6.50. The second-order valence-electron chi connectivity index (χ2n) is 3.77. The van der Waals surface area contributed by atoms with Gasteiger partial charge in [-0.1, -0.05) is 23.2 Å². The number of halogens is 1. The number of nitrogens with two attached hydrogens (primary N) is 1. The molecule has 0 aliphatic rings. The first-order valence-electron chi connectivity index (χ1n) is 4.66. The number of hydrogen-bond acceptors (Lipinski definition) is 1. The molecule has 1 unspecified atom stereocenters. The molecule has 0 aliphatic heterocycles. The highest BCUT2D eigenvalue weighted by Gasteiger charge is 2.08. The van der Waals surface area contributed by atoms with Gasteiger partial charge in [0.2, 0.25) is 0 Å². The molecule has 1 atom stereocenters. The SMILES string of the molecule is C=C(C)CC(N)c1ccc(Cl)cc1C. The Bertz CT molecular complexity index is 344. The fourth-order valence-corrected chi connectivity index (χ4v) is 1.77. The fraction of sp³-hybridized carbons (Fsp3) is 0.333. The lowest BCUT2D eigenvalue weighted by Crippen LogP contribution is -2.11. The Hall–Kier alpha value is -0.790. The molecule has 0 saturated heterocycles. The van der Waals surface area contributed by atoms with Crippen molar-refractivity contribution in [1.82, 2.24) is 0 Å². The van der Waals surface area contributed by atoms with Gasteiger partial charge in [-0.25, -0.2) is 0 Å². The van der Waals surface area contributed by atoms with Gasteiger partial charge in [-0.2, -0.15) is 0 Å². The summed E-state index contributed by atoms with van der Waals surface area (Å²) in [6.07, 6.45) is 0.822. The third-order valence-corrected chi connectivity index (χ3v) is 2.43. The number of rotatable bonds is 3. The van der Waals surface area contributed by atoms with Crippen LogP contribution in [0.1, 0.15) is 30.5 Å². The predicted molar refractivity (Wildman–Crippen MR) is 62.5 cm³/mol. The molecule has 0 aliphatic carbocycles. The molecule has 1 nitrogen and oxygen atoms in total. The largest absolute Gasteiger partial charge is 0.324 e. The third-order valence-electron chi connectivity index (χ3n) is 2.20. The summed E-state index contributed by atoms with van der Waals surface area (Å²) in [5.41, 5.74) is 9.44. The monoisotopic (exact) mass is 209 g/mol. The van der Waals surface area contributed by atoms with Crippen molar-refractivity contribution in [3.8, 4) is 0 Å². The van der Waals surface area contributed by atoms with Gasteiger partial charge >= 0.3 is 0 Å². The molecule has 2 heteroatoms. The van der Waals surface area contributed by atoms with E-state index in [9.17, 15) is 0 Å². The molecule has 1 rings (SSSR count). The van der Waals surface area contributed by atoms with E-state index in [4.69, 9.17) is 17.3 Å². The van der Waals surface area contributed by atoms with Crippen molar-refractivity contribution in [2.24, 2.45) is 5.73 Å². The van der Waals surface area contributed by atoms with Crippen LogP contribution in [0.3, 0.4) is 0 Å². The molecule has 2 N–H and O–H groups in total. The smallest absolute Gasteiger partial charge is 0.0408 e. The maximum Gasteiger partial charge on any atom is 0.0408 e. The molecule has 1 aromatic carbocycles. The summed E-state index contributed by atoms with van der Waals surface area (Å²) < 4.78 is 0. The summed E-state index contributed by atoms with van der Waals surface area (Å²) >= 11 is 5.87. The van der Waals surface area contributed by atoms with Crippen molar-refractivity contribution >= 4 is 11.6 Å². The Kier molecular flexibility index (Phi) is 3.73. The summed E-state index contributed by atoms with van der Waals surface area (Å²) in [6, 6.07) is 5.84. The van der Waals surface area contributed by atoms with E-state index in [2.05, 4.69) is 6.58 Å². The summed E-state index contributed by atoms with van der Waals surface area (Å²) in [5, 5.41) is 0.758. The molecule has 76 valence electrons.